The van der Waals surface area contributed by atoms with Gasteiger partial charge in [0.2, 0.25) is 0 Å². The lowest BCUT2D eigenvalue weighted by Crippen LogP contribution is -2.36. The summed E-state index contributed by atoms with van der Waals surface area (Å²) in [6, 6.07) is 4.78. The summed E-state index contributed by atoms with van der Waals surface area (Å²) in [6.45, 7) is 2.56. The minimum absolute atomic E-state index is 0.0260. The zero-order valence-corrected chi connectivity index (χ0v) is 10.9. The average Bonchev–Trinajstić information content (AvgIpc) is 2.43. The number of imide groups is 1. The zero-order valence-electron chi connectivity index (χ0n) is 10.9. The highest BCUT2D eigenvalue weighted by Crippen LogP contribution is 2.14. The molecule has 0 unspecified atom stereocenters. The maximum absolute atomic E-state index is 11.8. The second-order valence-electron chi connectivity index (χ2n) is 3.75. The molecule has 0 fully saturated rings. The van der Waals surface area contributed by atoms with Crippen LogP contribution in [0.25, 0.3) is 0 Å². The van der Waals surface area contributed by atoms with Crippen LogP contribution in [0.15, 0.2) is 24.3 Å². The number of non-ortho nitro benzene ring substituents is 1. The molecule has 0 radical (unpaired) electrons. The van der Waals surface area contributed by atoms with Crippen LogP contribution in [-0.2, 0) is 14.4 Å². The van der Waals surface area contributed by atoms with Gasteiger partial charge in [-0.3, -0.25) is 19.7 Å². The summed E-state index contributed by atoms with van der Waals surface area (Å²) >= 11 is 0. The first kappa shape index (κ1) is 15.3. The molecule has 0 aromatic heterocycles. The largest absolute Gasteiger partial charge is 0.364 e. The van der Waals surface area contributed by atoms with Gasteiger partial charge in [-0.1, -0.05) is 13.0 Å². The van der Waals surface area contributed by atoms with Gasteiger partial charge in [-0.25, -0.2) is 4.79 Å². The molecule has 0 aliphatic heterocycles. The van der Waals surface area contributed by atoms with Crippen molar-refractivity contribution >= 4 is 23.5 Å². The van der Waals surface area contributed by atoms with Gasteiger partial charge >= 0.3 is 5.97 Å². The fraction of sp³-hybridized carbons (Fsp3) is 0.250. The van der Waals surface area contributed by atoms with Crippen molar-refractivity contribution in [2.24, 2.45) is 0 Å². The number of nitrogens with zero attached hydrogens (tertiary/aromatic N) is 2. The topological polar surface area (TPSA) is 107 Å². The summed E-state index contributed by atoms with van der Waals surface area (Å²) in [7, 11) is 0. The Hall–Kier alpha value is -2.77. The van der Waals surface area contributed by atoms with Crippen LogP contribution >= 0.6 is 0 Å². The number of hydrogen-bond acceptors (Lipinski definition) is 6. The summed E-state index contributed by atoms with van der Waals surface area (Å²) in [5.41, 5.74) is -0.426. The number of benzene rings is 1. The van der Waals surface area contributed by atoms with Crippen molar-refractivity contribution in [2.75, 3.05) is 0 Å². The third kappa shape index (κ3) is 3.61. The van der Waals surface area contributed by atoms with E-state index in [0.29, 0.717) is 5.06 Å². The molecule has 0 heterocycles. The normalized spacial score (nSPS) is 9.70. The molecule has 0 saturated heterocycles. The van der Waals surface area contributed by atoms with Gasteiger partial charge in [0.15, 0.2) is 0 Å². The number of hydrogen-bond donors (Lipinski definition) is 0. The number of hydroxylamine groups is 2. The van der Waals surface area contributed by atoms with E-state index in [-0.39, 0.29) is 17.7 Å². The molecular formula is C12H12N2O6. The van der Waals surface area contributed by atoms with Crippen LogP contribution in [0.3, 0.4) is 0 Å². The molecule has 8 heteroatoms. The first-order chi connectivity index (χ1) is 9.36. The van der Waals surface area contributed by atoms with Crippen molar-refractivity contribution in [3.63, 3.8) is 0 Å². The Balaban J connectivity index is 2.95. The summed E-state index contributed by atoms with van der Waals surface area (Å²) in [6.07, 6.45) is -0.0260. The molecule has 1 aromatic rings. The van der Waals surface area contributed by atoms with Gasteiger partial charge in [-0.05, 0) is 6.07 Å². The third-order valence-corrected chi connectivity index (χ3v) is 2.28. The maximum Gasteiger partial charge on any atom is 0.364 e. The molecule has 1 rings (SSSR count). The van der Waals surface area contributed by atoms with E-state index >= 15 is 0 Å². The summed E-state index contributed by atoms with van der Waals surface area (Å²) < 4.78 is 0. The van der Waals surface area contributed by atoms with Crippen molar-refractivity contribution in [1.82, 2.24) is 5.06 Å². The maximum atomic E-state index is 11.8. The van der Waals surface area contributed by atoms with Crippen molar-refractivity contribution in [2.45, 2.75) is 20.3 Å². The lowest BCUT2D eigenvalue weighted by molar-refractivity contribution is -0.384. The number of rotatable bonds is 3. The van der Waals surface area contributed by atoms with E-state index in [1.165, 1.54) is 25.1 Å². The van der Waals surface area contributed by atoms with Crippen molar-refractivity contribution in [3.8, 4) is 0 Å². The first-order valence-corrected chi connectivity index (χ1v) is 5.67. The molecule has 0 aliphatic carbocycles. The fourth-order valence-corrected chi connectivity index (χ4v) is 1.32. The second-order valence-corrected chi connectivity index (χ2v) is 3.75. The average molecular weight is 280 g/mol. The standard InChI is InChI=1S/C12H12N2O6/c1-3-11(16)13(8(2)15)20-12(17)9-5-4-6-10(7-9)14(18)19/h4-7H,3H2,1-2H3. The van der Waals surface area contributed by atoms with Crippen molar-refractivity contribution < 1.29 is 24.1 Å². The van der Waals surface area contributed by atoms with Crippen LogP contribution < -0.4 is 0 Å². The van der Waals surface area contributed by atoms with Crippen molar-refractivity contribution in [1.29, 1.82) is 0 Å². The predicted octanol–water partition coefficient (Wildman–Crippen LogP) is 1.45. The van der Waals surface area contributed by atoms with Crippen LogP contribution in [-0.4, -0.2) is 27.8 Å². The van der Waals surface area contributed by atoms with Crippen molar-refractivity contribution in [3.05, 3.63) is 39.9 Å². The Morgan fingerprint density at radius 1 is 1.35 bits per heavy atom. The number of nitro groups is 1. The first-order valence-electron chi connectivity index (χ1n) is 5.67. The lowest BCUT2D eigenvalue weighted by atomic mass is 10.2. The monoisotopic (exact) mass is 280 g/mol. The highest BCUT2D eigenvalue weighted by atomic mass is 16.7. The molecule has 1 aromatic carbocycles. The Morgan fingerprint density at radius 3 is 2.50 bits per heavy atom. The van der Waals surface area contributed by atoms with Crippen LogP contribution in [0.2, 0.25) is 0 Å². The van der Waals surface area contributed by atoms with Crippen LogP contribution in [0.1, 0.15) is 30.6 Å². The molecular weight excluding hydrogens is 268 g/mol. The van der Waals surface area contributed by atoms with E-state index in [1.807, 2.05) is 0 Å². The third-order valence-electron chi connectivity index (χ3n) is 2.28. The second kappa shape index (κ2) is 6.41. The zero-order chi connectivity index (χ0) is 15.3. The lowest BCUT2D eigenvalue weighted by Gasteiger charge is -2.16. The van der Waals surface area contributed by atoms with E-state index in [2.05, 4.69) is 4.84 Å². The molecule has 106 valence electrons. The van der Waals surface area contributed by atoms with Gasteiger partial charge in [-0.15, -0.1) is 5.06 Å². The molecule has 0 bridgehead atoms. The summed E-state index contributed by atoms with van der Waals surface area (Å²) in [5, 5.41) is 10.9. The molecule has 2 amide bonds. The van der Waals surface area contributed by atoms with E-state index in [4.69, 9.17) is 0 Å². The van der Waals surface area contributed by atoms with E-state index < -0.39 is 22.7 Å². The Morgan fingerprint density at radius 2 is 2.00 bits per heavy atom. The predicted molar refractivity (Wildman–Crippen MR) is 66.3 cm³/mol. The Labute approximate surface area is 114 Å². The fourth-order valence-electron chi connectivity index (χ4n) is 1.32. The van der Waals surface area contributed by atoms with Gasteiger partial charge in [0.1, 0.15) is 0 Å². The SMILES string of the molecule is CCC(=O)N(OC(=O)c1cccc([N+](=O)[O-])c1)C(C)=O. The van der Waals surface area contributed by atoms with Crippen LogP contribution in [0.5, 0.6) is 0 Å². The van der Waals surface area contributed by atoms with Crippen LogP contribution in [0.4, 0.5) is 5.69 Å². The van der Waals surface area contributed by atoms with Crippen LogP contribution in [0, 0.1) is 10.1 Å². The quantitative estimate of drug-likeness (QED) is 0.612. The molecule has 0 spiro atoms. The Bertz CT molecular complexity index is 569. The van der Waals surface area contributed by atoms with Gasteiger partial charge in [0, 0.05) is 25.5 Å². The van der Waals surface area contributed by atoms with E-state index in [0.717, 1.165) is 13.0 Å². The Kier molecular flexibility index (Phi) is 4.90. The number of carbonyl (C=O) groups is 3. The molecule has 0 N–H and O–H groups in total. The molecule has 20 heavy (non-hydrogen) atoms. The summed E-state index contributed by atoms with van der Waals surface area (Å²) in [4.78, 5) is 49.0. The number of carbonyl (C=O) groups excluding carboxylic acids is 3. The van der Waals surface area contributed by atoms with Gasteiger partial charge in [0.25, 0.3) is 17.5 Å². The highest BCUT2D eigenvalue weighted by Gasteiger charge is 2.23. The molecule has 0 saturated carbocycles. The van der Waals surface area contributed by atoms with Gasteiger partial charge in [0.05, 0.1) is 10.5 Å². The minimum atomic E-state index is -1.02. The van der Waals surface area contributed by atoms with Gasteiger partial charge < -0.3 is 4.84 Å². The molecule has 0 aliphatic rings. The van der Waals surface area contributed by atoms with E-state index in [1.54, 1.807) is 0 Å². The molecule has 0 atom stereocenters. The number of amides is 2. The van der Waals surface area contributed by atoms with Gasteiger partial charge in [-0.2, -0.15) is 0 Å². The minimum Gasteiger partial charge on any atom is -0.325 e. The molecule has 8 nitrogen and oxygen atoms in total. The smallest absolute Gasteiger partial charge is 0.325 e. The number of nitro benzene ring substituents is 1. The summed E-state index contributed by atoms with van der Waals surface area (Å²) in [5.74, 6) is -2.46. The van der Waals surface area contributed by atoms with E-state index in [9.17, 15) is 24.5 Å². The highest BCUT2D eigenvalue weighted by molar-refractivity contribution is 5.97.